The van der Waals surface area contributed by atoms with Crippen molar-refractivity contribution in [1.82, 2.24) is 0 Å². The zero-order chi connectivity index (χ0) is 7.98. The van der Waals surface area contributed by atoms with Crippen LogP contribution in [0.5, 0.6) is 0 Å². The van der Waals surface area contributed by atoms with Crippen molar-refractivity contribution in [3.05, 3.63) is 12.2 Å². The van der Waals surface area contributed by atoms with E-state index in [4.69, 9.17) is 0 Å². The van der Waals surface area contributed by atoms with Gasteiger partial charge in [0.1, 0.15) is 0 Å². The van der Waals surface area contributed by atoms with Gasteiger partial charge in [0.15, 0.2) is 0 Å². The van der Waals surface area contributed by atoms with Gasteiger partial charge in [-0.25, -0.2) is 4.79 Å². The van der Waals surface area contributed by atoms with Crippen molar-refractivity contribution in [2.45, 2.75) is 6.92 Å². The maximum atomic E-state index is 10.3. The monoisotopic (exact) mass is 207 g/mol. The minimum absolute atomic E-state index is 0. The number of esters is 1. The van der Waals surface area contributed by atoms with E-state index in [0.29, 0.717) is 6.08 Å². The standard InChI is InChI=1S/C6H8O4.Zn/c1-2-10-6(9)4-3-5(7)8;/h3-4H,2H2,1H3,(H,7,8);/q;+1/p-1. The Labute approximate surface area is 77.0 Å². The maximum absolute atomic E-state index is 10.3. The number of carboxylic acids is 1. The van der Waals surface area contributed by atoms with Gasteiger partial charge < -0.3 is 14.6 Å². The molecule has 0 aromatic rings. The summed E-state index contributed by atoms with van der Waals surface area (Å²) in [6.07, 6.45) is 1.43. The molecule has 0 aliphatic rings. The van der Waals surface area contributed by atoms with E-state index in [9.17, 15) is 14.7 Å². The predicted molar refractivity (Wildman–Crippen MR) is 30.8 cm³/mol. The molecule has 5 heteroatoms. The van der Waals surface area contributed by atoms with Gasteiger partial charge in [0, 0.05) is 6.08 Å². The van der Waals surface area contributed by atoms with Gasteiger partial charge in [0.2, 0.25) is 0 Å². The summed E-state index contributed by atoms with van der Waals surface area (Å²) in [5.74, 6) is -2.08. The van der Waals surface area contributed by atoms with Crippen LogP contribution in [-0.4, -0.2) is 18.5 Å². The van der Waals surface area contributed by atoms with E-state index < -0.39 is 11.9 Å². The Balaban J connectivity index is 0. The predicted octanol–water partition coefficient (Wildman–Crippen LogP) is -1.15. The van der Waals surface area contributed by atoms with Crippen LogP contribution in [-0.2, 0) is 33.8 Å². The van der Waals surface area contributed by atoms with E-state index in [1.54, 1.807) is 6.92 Å². The van der Waals surface area contributed by atoms with E-state index in [-0.39, 0.29) is 26.1 Å². The molecule has 0 aliphatic carbocycles. The molecule has 0 spiro atoms. The number of ether oxygens (including phenoxy) is 1. The Hall–Kier alpha value is -0.697. The normalized spacial score (nSPS) is 8.82. The van der Waals surface area contributed by atoms with Crippen molar-refractivity contribution in [2.75, 3.05) is 6.61 Å². The van der Waals surface area contributed by atoms with Gasteiger partial charge in [-0.2, -0.15) is 0 Å². The van der Waals surface area contributed by atoms with Crippen LogP contribution >= 0.6 is 0 Å². The summed E-state index contributed by atoms with van der Waals surface area (Å²) in [7, 11) is 0. The van der Waals surface area contributed by atoms with Gasteiger partial charge >= 0.3 is 25.4 Å². The van der Waals surface area contributed by atoms with Crippen LogP contribution in [0.25, 0.3) is 0 Å². The van der Waals surface area contributed by atoms with Crippen molar-refractivity contribution in [1.29, 1.82) is 0 Å². The molecule has 0 rings (SSSR count). The number of carboxylic acid groups (broad SMARTS) is 1. The number of carbonyl (C=O) groups excluding carboxylic acids is 2. The number of rotatable bonds is 3. The molecule has 0 amide bonds. The minimum Gasteiger partial charge on any atom is -0.545 e. The summed E-state index contributed by atoms with van der Waals surface area (Å²) in [5.41, 5.74) is 0. The molecule has 0 heterocycles. The van der Waals surface area contributed by atoms with Crippen molar-refractivity contribution >= 4 is 11.9 Å². The Morgan fingerprint density at radius 1 is 1.45 bits per heavy atom. The number of hydrogen-bond acceptors (Lipinski definition) is 4. The molecule has 0 bridgehead atoms. The Kier molecular flexibility index (Phi) is 8.71. The van der Waals surface area contributed by atoms with Crippen molar-refractivity contribution in [2.24, 2.45) is 0 Å². The second kappa shape index (κ2) is 7.41. The summed E-state index contributed by atoms with van der Waals surface area (Å²) < 4.78 is 4.38. The zero-order valence-corrected chi connectivity index (χ0v) is 9.17. The molecule has 11 heavy (non-hydrogen) atoms. The Bertz CT molecular complexity index is 164. The summed E-state index contributed by atoms with van der Waals surface area (Å²) in [5, 5.41) is 9.70. The average Bonchev–Trinajstić information content (AvgIpc) is 1.85. The Morgan fingerprint density at radius 2 is 2.00 bits per heavy atom. The third-order valence-electron chi connectivity index (χ3n) is 0.642. The topological polar surface area (TPSA) is 66.4 Å². The smallest absolute Gasteiger partial charge is 0.545 e. The van der Waals surface area contributed by atoms with Gasteiger partial charge in [-0.3, -0.25) is 0 Å². The van der Waals surface area contributed by atoms with E-state index in [1.807, 2.05) is 0 Å². The second-order valence-corrected chi connectivity index (χ2v) is 1.40. The first kappa shape index (κ1) is 12.9. The third-order valence-corrected chi connectivity index (χ3v) is 0.642. The molecule has 0 fully saturated rings. The first-order valence-corrected chi connectivity index (χ1v) is 2.72. The zero-order valence-electron chi connectivity index (χ0n) is 6.20. The molecule has 0 aromatic carbocycles. The molecule has 1 radical (unpaired) electrons. The van der Waals surface area contributed by atoms with Crippen molar-refractivity contribution in [3.63, 3.8) is 0 Å². The summed E-state index contributed by atoms with van der Waals surface area (Å²) >= 11 is 0. The van der Waals surface area contributed by atoms with Crippen molar-refractivity contribution in [3.8, 4) is 0 Å². The summed E-state index contributed by atoms with van der Waals surface area (Å²) in [4.78, 5) is 20.0. The van der Waals surface area contributed by atoms with Crippen LogP contribution < -0.4 is 5.11 Å². The second-order valence-electron chi connectivity index (χ2n) is 1.40. The molecule has 0 saturated heterocycles. The number of hydrogen-bond donors (Lipinski definition) is 0. The molecule has 4 nitrogen and oxygen atoms in total. The average molecular weight is 209 g/mol. The first-order valence-electron chi connectivity index (χ1n) is 2.72. The van der Waals surface area contributed by atoms with Crippen LogP contribution in [0.4, 0.5) is 0 Å². The Morgan fingerprint density at radius 3 is 2.36 bits per heavy atom. The molecular weight excluding hydrogens is 201 g/mol. The molecule has 0 aliphatic heterocycles. The molecule has 57 valence electrons. The molecule has 0 saturated carbocycles. The third kappa shape index (κ3) is 9.30. The first-order chi connectivity index (χ1) is 4.66. The van der Waals surface area contributed by atoms with Gasteiger partial charge in [0.25, 0.3) is 0 Å². The minimum atomic E-state index is -1.41. The molecule has 0 atom stereocenters. The fourth-order valence-corrected chi connectivity index (χ4v) is 0.326. The molecule has 0 unspecified atom stereocenters. The largest absolute Gasteiger partial charge is 1.00 e. The summed E-state index contributed by atoms with van der Waals surface area (Å²) in [6.45, 7) is 1.86. The van der Waals surface area contributed by atoms with E-state index in [2.05, 4.69) is 4.74 Å². The molecular formula is C6H7O4Zn. The van der Waals surface area contributed by atoms with Crippen LogP contribution in [0.3, 0.4) is 0 Å². The van der Waals surface area contributed by atoms with Gasteiger partial charge in [-0.1, -0.05) is 0 Å². The van der Waals surface area contributed by atoms with Gasteiger partial charge in [-0.15, -0.1) is 0 Å². The number of aliphatic carboxylic acids is 1. The summed E-state index contributed by atoms with van der Waals surface area (Å²) in [6, 6.07) is 0. The quantitative estimate of drug-likeness (QED) is 0.334. The molecule has 0 aromatic heterocycles. The van der Waals surface area contributed by atoms with Crippen LogP contribution in [0.2, 0.25) is 0 Å². The SMILES string of the molecule is CCOC(=O)C=CC(=O)[O-].[Zn+]. The van der Waals surface area contributed by atoms with Gasteiger partial charge in [-0.05, 0) is 13.0 Å². The van der Waals surface area contributed by atoms with Crippen LogP contribution in [0, 0.1) is 0 Å². The van der Waals surface area contributed by atoms with Gasteiger partial charge in [0.05, 0.1) is 12.6 Å². The maximum Gasteiger partial charge on any atom is 1.00 e. The van der Waals surface area contributed by atoms with Crippen LogP contribution in [0.15, 0.2) is 12.2 Å². The fraction of sp³-hybridized carbons (Fsp3) is 0.333. The van der Waals surface area contributed by atoms with Crippen molar-refractivity contribution < 1.29 is 38.9 Å². The van der Waals surface area contributed by atoms with E-state index in [0.717, 1.165) is 6.08 Å². The number of carbonyl (C=O) groups is 2. The van der Waals surface area contributed by atoms with E-state index in [1.165, 1.54) is 0 Å². The van der Waals surface area contributed by atoms with Crippen LogP contribution in [0.1, 0.15) is 6.92 Å². The fourth-order valence-electron chi connectivity index (χ4n) is 0.326. The van der Waals surface area contributed by atoms with E-state index >= 15 is 0 Å². The molecule has 0 N–H and O–H groups in total.